The second-order valence-corrected chi connectivity index (χ2v) is 7.10. The smallest absolute Gasteiger partial charge is 0.229 e. The minimum atomic E-state index is -1.57. The molecule has 0 amide bonds. The summed E-state index contributed by atoms with van der Waals surface area (Å²) in [5.74, 6) is 0.390. The van der Waals surface area contributed by atoms with Crippen molar-refractivity contribution in [3.8, 4) is 11.5 Å². The van der Waals surface area contributed by atoms with Crippen molar-refractivity contribution in [2.75, 3.05) is 13.2 Å². The van der Waals surface area contributed by atoms with Crippen LogP contribution in [0.1, 0.15) is 0 Å². The van der Waals surface area contributed by atoms with Gasteiger partial charge in [-0.15, -0.1) is 0 Å². The van der Waals surface area contributed by atoms with E-state index < -0.39 is 74.6 Å². The molecule has 0 aliphatic carbocycles. The fourth-order valence-corrected chi connectivity index (χ4v) is 3.19. The van der Waals surface area contributed by atoms with Crippen LogP contribution in [-0.2, 0) is 9.47 Å². The first-order chi connectivity index (χ1) is 14.3. The first kappa shape index (κ1) is 23.1. The third-order valence-corrected chi connectivity index (χ3v) is 5.03. The van der Waals surface area contributed by atoms with Crippen molar-refractivity contribution < 1.29 is 59.8 Å². The standard InChI is InChI=1S/C18H26O12/c19-5-9-11(21)13(23)15(25)17(29-9)27-7-1-2-8(4-3-7)28-18-16(26)14(24)12(22)10(6-20)30-18/h1-4,9-26H,5-6H2/t9?,10?,11-,12+,13?,14?,15?,16?,17-,18-/m1/s1. The van der Waals surface area contributed by atoms with Crippen LogP contribution in [0.5, 0.6) is 11.5 Å². The summed E-state index contributed by atoms with van der Waals surface area (Å²) in [5, 5.41) is 77.6. The van der Waals surface area contributed by atoms with Gasteiger partial charge in [0, 0.05) is 0 Å². The Bertz CT molecular complexity index is 611. The summed E-state index contributed by atoms with van der Waals surface area (Å²) in [5.41, 5.74) is 0. The number of hydrogen-bond donors (Lipinski definition) is 8. The highest BCUT2D eigenvalue weighted by Gasteiger charge is 2.45. The number of benzene rings is 1. The summed E-state index contributed by atoms with van der Waals surface area (Å²) in [7, 11) is 0. The van der Waals surface area contributed by atoms with E-state index in [1.165, 1.54) is 24.3 Å². The average Bonchev–Trinajstić information content (AvgIpc) is 2.75. The van der Waals surface area contributed by atoms with E-state index in [1.807, 2.05) is 0 Å². The third-order valence-electron chi connectivity index (χ3n) is 5.03. The highest BCUT2D eigenvalue weighted by atomic mass is 16.7. The molecule has 6 unspecified atom stereocenters. The second kappa shape index (κ2) is 9.70. The molecule has 2 aliphatic rings. The van der Waals surface area contributed by atoms with Gasteiger partial charge in [0.2, 0.25) is 12.6 Å². The van der Waals surface area contributed by atoms with Crippen molar-refractivity contribution in [2.45, 2.75) is 61.4 Å². The monoisotopic (exact) mass is 434 g/mol. The van der Waals surface area contributed by atoms with Gasteiger partial charge in [-0.1, -0.05) is 0 Å². The van der Waals surface area contributed by atoms with Gasteiger partial charge in [-0.2, -0.15) is 0 Å². The van der Waals surface area contributed by atoms with Crippen LogP contribution in [0.2, 0.25) is 0 Å². The van der Waals surface area contributed by atoms with E-state index in [4.69, 9.17) is 18.9 Å². The fourth-order valence-electron chi connectivity index (χ4n) is 3.19. The zero-order valence-electron chi connectivity index (χ0n) is 15.7. The Kier molecular flexibility index (Phi) is 7.47. The Balaban J connectivity index is 1.62. The van der Waals surface area contributed by atoms with Crippen molar-refractivity contribution in [2.24, 2.45) is 0 Å². The molecule has 170 valence electrons. The lowest BCUT2D eigenvalue weighted by Crippen LogP contribution is -2.60. The summed E-state index contributed by atoms with van der Waals surface area (Å²) >= 11 is 0. The van der Waals surface area contributed by atoms with Gasteiger partial charge in [0.15, 0.2) is 0 Å². The summed E-state index contributed by atoms with van der Waals surface area (Å²) in [6.45, 7) is -1.17. The fraction of sp³-hybridized carbons (Fsp3) is 0.667. The first-order valence-electron chi connectivity index (χ1n) is 9.31. The Labute approximate surface area is 171 Å². The lowest BCUT2D eigenvalue weighted by atomic mass is 9.99. The average molecular weight is 434 g/mol. The van der Waals surface area contributed by atoms with Gasteiger partial charge in [0.05, 0.1) is 13.2 Å². The van der Waals surface area contributed by atoms with E-state index in [0.717, 1.165) is 0 Å². The van der Waals surface area contributed by atoms with Gasteiger partial charge in [-0.3, -0.25) is 0 Å². The molecule has 2 aliphatic heterocycles. The van der Waals surface area contributed by atoms with Crippen molar-refractivity contribution >= 4 is 0 Å². The van der Waals surface area contributed by atoms with Crippen LogP contribution in [0, 0.1) is 0 Å². The van der Waals surface area contributed by atoms with E-state index in [0.29, 0.717) is 0 Å². The highest BCUT2D eigenvalue weighted by Crippen LogP contribution is 2.28. The third kappa shape index (κ3) is 4.68. The molecule has 12 heteroatoms. The van der Waals surface area contributed by atoms with Gasteiger partial charge in [0.1, 0.15) is 60.3 Å². The topological polar surface area (TPSA) is 199 Å². The number of aliphatic hydroxyl groups excluding tert-OH is 8. The van der Waals surface area contributed by atoms with Crippen LogP contribution in [0.15, 0.2) is 24.3 Å². The molecule has 12 nitrogen and oxygen atoms in total. The molecular weight excluding hydrogens is 408 g/mol. The van der Waals surface area contributed by atoms with Crippen LogP contribution in [0.3, 0.4) is 0 Å². The van der Waals surface area contributed by atoms with Crippen LogP contribution >= 0.6 is 0 Å². The Morgan fingerprint density at radius 2 is 0.900 bits per heavy atom. The summed E-state index contributed by atoms with van der Waals surface area (Å²) in [6, 6.07) is 5.67. The van der Waals surface area contributed by atoms with Gasteiger partial charge in [-0.05, 0) is 24.3 Å². The summed E-state index contributed by atoms with van der Waals surface area (Å²) < 4.78 is 21.4. The van der Waals surface area contributed by atoms with E-state index in [9.17, 15) is 40.9 Å². The van der Waals surface area contributed by atoms with E-state index in [1.54, 1.807) is 0 Å². The van der Waals surface area contributed by atoms with Crippen molar-refractivity contribution in [3.63, 3.8) is 0 Å². The number of hydrogen-bond acceptors (Lipinski definition) is 12. The molecular formula is C18H26O12. The zero-order valence-corrected chi connectivity index (χ0v) is 15.7. The van der Waals surface area contributed by atoms with Crippen molar-refractivity contribution in [1.29, 1.82) is 0 Å². The summed E-state index contributed by atoms with van der Waals surface area (Å²) in [4.78, 5) is 0. The predicted octanol–water partition coefficient (Wildman–Crippen LogP) is -3.96. The SMILES string of the molecule is OCC1O[C@@H](Oc2ccc(O[C@@H]3OC(CO)[C@H](O)C(O)C3O)cc2)C(O)C(O)[C@@H]1O. The Morgan fingerprint density at radius 1 is 0.567 bits per heavy atom. The van der Waals surface area contributed by atoms with Crippen LogP contribution < -0.4 is 9.47 Å². The van der Waals surface area contributed by atoms with E-state index in [-0.39, 0.29) is 11.5 Å². The molecule has 0 radical (unpaired) electrons. The van der Waals surface area contributed by atoms with E-state index >= 15 is 0 Å². The lowest BCUT2D eigenvalue weighted by Gasteiger charge is -2.39. The molecule has 10 atom stereocenters. The second-order valence-electron chi connectivity index (χ2n) is 7.10. The van der Waals surface area contributed by atoms with Gasteiger partial charge >= 0.3 is 0 Å². The molecule has 2 fully saturated rings. The maximum Gasteiger partial charge on any atom is 0.229 e. The van der Waals surface area contributed by atoms with Gasteiger partial charge < -0.3 is 59.8 Å². The first-order valence-corrected chi connectivity index (χ1v) is 9.31. The normalized spacial score (nSPS) is 42.0. The molecule has 0 saturated carbocycles. The molecule has 3 rings (SSSR count). The molecule has 1 aromatic rings. The molecule has 0 bridgehead atoms. The number of ether oxygens (including phenoxy) is 4. The van der Waals surface area contributed by atoms with E-state index in [2.05, 4.69) is 0 Å². The number of aliphatic hydroxyl groups is 8. The van der Waals surface area contributed by atoms with Crippen LogP contribution in [0.4, 0.5) is 0 Å². The molecule has 2 heterocycles. The van der Waals surface area contributed by atoms with Crippen molar-refractivity contribution in [1.82, 2.24) is 0 Å². The molecule has 0 aromatic heterocycles. The quantitative estimate of drug-likeness (QED) is 0.216. The minimum Gasteiger partial charge on any atom is -0.462 e. The molecule has 0 spiro atoms. The van der Waals surface area contributed by atoms with Gasteiger partial charge in [-0.25, -0.2) is 0 Å². The molecule has 2 saturated heterocycles. The number of rotatable bonds is 6. The van der Waals surface area contributed by atoms with Crippen molar-refractivity contribution in [3.05, 3.63) is 24.3 Å². The van der Waals surface area contributed by atoms with Crippen LogP contribution in [0.25, 0.3) is 0 Å². The summed E-state index contributed by atoms with van der Waals surface area (Å²) in [6.07, 6.45) is -14.2. The Hall–Kier alpha value is -1.58. The predicted molar refractivity (Wildman–Crippen MR) is 95.2 cm³/mol. The molecule has 8 N–H and O–H groups in total. The molecule has 1 aromatic carbocycles. The Morgan fingerprint density at radius 3 is 1.20 bits per heavy atom. The zero-order chi connectivity index (χ0) is 22.0. The highest BCUT2D eigenvalue weighted by molar-refractivity contribution is 5.31. The lowest BCUT2D eigenvalue weighted by molar-refractivity contribution is -0.278. The minimum absolute atomic E-state index is 0.195. The largest absolute Gasteiger partial charge is 0.462 e. The van der Waals surface area contributed by atoms with Crippen LogP contribution in [-0.4, -0.2) is 115 Å². The maximum absolute atomic E-state index is 10.0. The molecule has 30 heavy (non-hydrogen) atoms. The van der Waals surface area contributed by atoms with Gasteiger partial charge in [0.25, 0.3) is 0 Å². The maximum atomic E-state index is 10.0.